The SMILES string of the molecule is CCC(C)(C)C(=O)/C=C(\O)C(C)(C)CC.Cc1[c-]c(-c2nccc3c2ccc2cc(F)c(F)cc23)cc(C)c1.[Ir]. The van der Waals surface area contributed by atoms with Crippen molar-refractivity contribution >= 4 is 27.3 Å². The van der Waals surface area contributed by atoms with E-state index in [0.717, 1.165) is 46.0 Å². The van der Waals surface area contributed by atoms with Crippen LogP contribution in [0, 0.1) is 42.4 Å². The number of carbonyl (C=O) groups excluding carboxylic acids is 1. The van der Waals surface area contributed by atoms with Crippen molar-refractivity contribution in [2.45, 2.75) is 68.2 Å². The minimum Gasteiger partial charge on any atom is -0.512 e. The molecule has 1 N–H and O–H groups in total. The van der Waals surface area contributed by atoms with Crippen LogP contribution in [-0.2, 0) is 24.9 Å². The van der Waals surface area contributed by atoms with Gasteiger partial charge in [0.1, 0.15) is 5.76 Å². The zero-order valence-electron chi connectivity index (χ0n) is 24.5. The molecule has 4 aromatic rings. The molecule has 0 bridgehead atoms. The van der Waals surface area contributed by atoms with Crippen molar-refractivity contribution in [2.75, 3.05) is 0 Å². The Morgan fingerprint density at radius 3 is 2.12 bits per heavy atom. The third-order valence-electron chi connectivity index (χ3n) is 7.60. The summed E-state index contributed by atoms with van der Waals surface area (Å²) in [5.74, 6) is -1.48. The molecule has 0 saturated carbocycles. The minimum absolute atomic E-state index is 0. The monoisotopic (exact) mass is 723 g/mol. The van der Waals surface area contributed by atoms with Crippen molar-refractivity contribution in [1.29, 1.82) is 0 Å². The number of pyridine rings is 1. The third kappa shape index (κ3) is 7.41. The summed E-state index contributed by atoms with van der Waals surface area (Å²) in [6.45, 7) is 15.7. The molecule has 40 heavy (non-hydrogen) atoms. The Balaban J connectivity index is 0.000000307. The Labute approximate surface area is 250 Å². The predicted molar refractivity (Wildman–Crippen MR) is 157 cm³/mol. The van der Waals surface area contributed by atoms with Crippen molar-refractivity contribution in [2.24, 2.45) is 10.8 Å². The number of allylic oxidation sites excluding steroid dienone is 2. The number of carbonyl (C=O) groups is 1. The van der Waals surface area contributed by atoms with Gasteiger partial charge >= 0.3 is 0 Å². The Morgan fingerprint density at radius 1 is 0.900 bits per heavy atom. The van der Waals surface area contributed by atoms with E-state index < -0.39 is 11.6 Å². The zero-order valence-corrected chi connectivity index (χ0v) is 26.9. The van der Waals surface area contributed by atoms with Crippen LogP contribution in [0.4, 0.5) is 8.78 Å². The quantitative estimate of drug-likeness (QED) is 0.0934. The summed E-state index contributed by atoms with van der Waals surface area (Å²) >= 11 is 0. The van der Waals surface area contributed by atoms with E-state index in [1.807, 2.05) is 73.6 Å². The molecule has 0 fully saturated rings. The molecule has 6 heteroatoms. The first-order valence-electron chi connectivity index (χ1n) is 13.3. The molecule has 0 aliphatic heterocycles. The topological polar surface area (TPSA) is 50.2 Å². The maximum atomic E-state index is 13.7. The van der Waals surface area contributed by atoms with Crippen LogP contribution in [0.25, 0.3) is 32.8 Å². The molecule has 0 spiro atoms. The van der Waals surface area contributed by atoms with Crippen LogP contribution in [0.1, 0.15) is 65.5 Å². The largest absolute Gasteiger partial charge is 0.512 e. The molecule has 215 valence electrons. The van der Waals surface area contributed by atoms with Gasteiger partial charge in [-0.25, -0.2) is 8.78 Å². The van der Waals surface area contributed by atoms with Crippen LogP contribution in [-0.4, -0.2) is 15.9 Å². The number of aryl methyl sites for hydroxylation is 2. The number of fused-ring (bicyclic) bond motifs is 3. The van der Waals surface area contributed by atoms with Crippen LogP contribution in [0.5, 0.6) is 0 Å². The van der Waals surface area contributed by atoms with Gasteiger partial charge in [-0.1, -0.05) is 67.5 Å². The van der Waals surface area contributed by atoms with Gasteiger partial charge in [0.25, 0.3) is 0 Å². The molecule has 1 aromatic heterocycles. The molecule has 0 amide bonds. The standard InChI is InChI=1S/C21H14F2N.C13H24O2.Ir/c1-12-7-13(2)9-15(8-12)21-17-4-3-14-10-19(22)20(23)11-18(14)16(17)5-6-24-21;1-7-12(3,4)10(14)9-11(15)13(5,6)8-2;/h3-8,10-11H,1-2H3;9,14H,7-8H2,1-6H3;/q-1;;/b;10-9-;. The van der Waals surface area contributed by atoms with Gasteiger partial charge in [0.15, 0.2) is 17.4 Å². The third-order valence-corrected chi connectivity index (χ3v) is 7.60. The predicted octanol–water partition coefficient (Wildman–Crippen LogP) is 9.62. The van der Waals surface area contributed by atoms with Gasteiger partial charge in [0, 0.05) is 43.2 Å². The van der Waals surface area contributed by atoms with Gasteiger partial charge in [-0.15, -0.1) is 34.9 Å². The molecule has 0 saturated heterocycles. The number of benzene rings is 3. The summed E-state index contributed by atoms with van der Waals surface area (Å²) in [7, 11) is 0. The van der Waals surface area contributed by atoms with E-state index in [1.54, 1.807) is 12.3 Å². The number of halogens is 2. The first-order chi connectivity index (χ1) is 18.2. The average Bonchev–Trinajstić information content (AvgIpc) is 2.88. The molecule has 0 unspecified atom stereocenters. The molecule has 1 radical (unpaired) electrons. The van der Waals surface area contributed by atoms with Gasteiger partial charge in [0.05, 0.1) is 0 Å². The van der Waals surface area contributed by atoms with Crippen LogP contribution < -0.4 is 0 Å². The molecule has 0 aliphatic carbocycles. The van der Waals surface area contributed by atoms with Gasteiger partial charge in [-0.2, -0.15) is 0 Å². The van der Waals surface area contributed by atoms with Gasteiger partial charge in [0.2, 0.25) is 0 Å². The number of hydrogen-bond acceptors (Lipinski definition) is 3. The van der Waals surface area contributed by atoms with E-state index in [1.165, 1.54) is 18.2 Å². The number of nitrogens with zero attached hydrogens (tertiary/aromatic N) is 1. The zero-order chi connectivity index (χ0) is 29.1. The normalized spacial score (nSPS) is 12.1. The molecule has 4 rings (SSSR count). The average molecular weight is 723 g/mol. The summed E-state index contributed by atoms with van der Waals surface area (Å²) in [4.78, 5) is 16.3. The molecule has 1 heterocycles. The fourth-order valence-electron chi connectivity index (χ4n) is 4.09. The van der Waals surface area contributed by atoms with Crippen molar-refractivity contribution in [3.63, 3.8) is 0 Å². The van der Waals surface area contributed by atoms with Crippen molar-refractivity contribution in [1.82, 2.24) is 4.98 Å². The number of aliphatic hydroxyl groups is 1. The Bertz CT molecular complexity index is 1540. The Hall–Kier alpha value is -2.95. The number of rotatable bonds is 6. The maximum Gasteiger partial charge on any atom is 0.164 e. The fraction of sp³-hybridized carbons (Fsp3) is 0.353. The van der Waals surface area contributed by atoms with Crippen molar-refractivity contribution < 1.29 is 38.8 Å². The number of ketones is 1. The molecular formula is C34H38F2IrNO2-. The second-order valence-corrected chi connectivity index (χ2v) is 11.4. The van der Waals surface area contributed by atoms with Crippen LogP contribution in [0.3, 0.4) is 0 Å². The van der Waals surface area contributed by atoms with Crippen molar-refractivity contribution in [3.05, 3.63) is 89.3 Å². The second kappa shape index (κ2) is 13.1. The number of aromatic nitrogens is 1. The second-order valence-electron chi connectivity index (χ2n) is 11.4. The number of hydrogen-bond donors (Lipinski definition) is 1. The van der Waals surface area contributed by atoms with E-state index in [9.17, 15) is 18.7 Å². The van der Waals surface area contributed by atoms with Crippen LogP contribution in [0.2, 0.25) is 0 Å². The van der Waals surface area contributed by atoms with Gasteiger partial charge < -0.3 is 10.1 Å². The first-order valence-corrected chi connectivity index (χ1v) is 13.3. The molecule has 0 atom stereocenters. The van der Waals surface area contributed by atoms with Crippen LogP contribution >= 0.6 is 0 Å². The van der Waals surface area contributed by atoms with Gasteiger partial charge in [-0.05, 0) is 58.3 Å². The Morgan fingerprint density at radius 2 is 1.52 bits per heavy atom. The van der Waals surface area contributed by atoms with E-state index in [0.29, 0.717) is 10.8 Å². The maximum absolute atomic E-state index is 13.7. The van der Waals surface area contributed by atoms with E-state index in [2.05, 4.69) is 17.1 Å². The first kappa shape index (κ1) is 33.3. The summed E-state index contributed by atoms with van der Waals surface area (Å²) in [5.41, 5.74) is 3.19. The Kier molecular flexibility index (Phi) is 10.9. The number of aliphatic hydroxyl groups excluding tert-OH is 1. The summed E-state index contributed by atoms with van der Waals surface area (Å²) in [6.07, 6.45) is 4.69. The smallest absolute Gasteiger partial charge is 0.164 e. The van der Waals surface area contributed by atoms with E-state index in [-0.39, 0.29) is 42.5 Å². The molecule has 3 aromatic carbocycles. The summed E-state index contributed by atoms with van der Waals surface area (Å²) in [6, 6.07) is 15.4. The van der Waals surface area contributed by atoms with E-state index in [4.69, 9.17) is 0 Å². The summed E-state index contributed by atoms with van der Waals surface area (Å²) < 4.78 is 27.2. The molecular weight excluding hydrogens is 685 g/mol. The fourth-order valence-corrected chi connectivity index (χ4v) is 4.09. The molecule has 0 aliphatic rings. The van der Waals surface area contributed by atoms with E-state index >= 15 is 0 Å². The van der Waals surface area contributed by atoms with Crippen LogP contribution in [0.15, 0.2) is 60.5 Å². The van der Waals surface area contributed by atoms with Gasteiger partial charge in [-0.3, -0.25) is 4.79 Å². The van der Waals surface area contributed by atoms with Crippen molar-refractivity contribution in [3.8, 4) is 11.3 Å². The minimum atomic E-state index is -0.841. The summed E-state index contributed by atoms with van der Waals surface area (Å²) in [5, 5.41) is 12.9. The molecule has 3 nitrogen and oxygen atoms in total.